The van der Waals surface area contributed by atoms with Crippen LogP contribution in [0.25, 0.3) is 0 Å². The molecule has 1 aromatic carbocycles. The monoisotopic (exact) mass is 297 g/mol. The summed E-state index contributed by atoms with van der Waals surface area (Å²) in [6, 6.07) is 7.73. The van der Waals surface area contributed by atoms with E-state index in [1.54, 1.807) is 0 Å². The number of hydrogen-bond acceptors (Lipinski definition) is 3. The molecule has 1 fully saturated rings. The van der Waals surface area contributed by atoms with E-state index in [-0.39, 0.29) is 5.25 Å². The Bertz CT molecular complexity index is 504. The fourth-order valence-corrected chi connectivity index (χ4v) is 2.70. The molecule has 0 aromatic heterocycles. The van der Waals surface area contributed by atoms with Gasteiger partial charge in [-0.15, -0.1) is 0 Å². The number of piperidine rings is 1. The molecule has 5 heteroatoms. The van der Waals surface area contributed by atoms with Gasteiger partial charge in [0.05, 0.1) is 0 Å². The van der Waals surface area contributed by atoms with Gasteiger partial charge < -0.3 is 5.11 Å². The molecule has 0 amide bonds. The van der Waals surface area contributed by atoms with E-state index in [1.807, 2.05) is 24.3 Å². The zero-order chi connectivity index (χ0) is 13.8. The lowest BCUT2D eigenvalue weighted by Gasteiger charge is -2.32. The summed E-state index contributed by atoms with van der Waals surface area (Å²) in [5.41, 5.74) is 1.92. The minimum Gasteiger partial charge on any atom is -0.478 e. The van der Waals surface area contributed by atoms with Crippen LogP contribution in [0, 0.1) is 0 Å². The average Bonchev–Trinajstić information content (AvgIpc) is 2.35. The van der Waals surface area contributed by atoms with Crippen LogP contribution in [0.1, 0.15) is 12.0 Å². The van der Waals surface area contributed by atoms with Crippen LogP contribution in [0.15, 0.2) is 35.9 Å². The van der Waals surface area contributed by atoms with E-state index in [0.717, 1.165) is 35.7 Å². The van der Waals surface area contributed by atoms with Crippen molar-refractivity contribution in [3.8, 4) is 0 Å². The number of thiol groups is 1. The largest absolute Gasteiger partial charge is 0.478 e. The molecule has 1 unspecified atom stereocenters. The van der Waals surface area contributed by atoms with Crippen molar-refractivity contribution in [2.75, 3.05) is 13.1 Å². The van der Waals surface area contributed by atoms with Gasteiger partial charge in [-0.3, -0.25) is 4.90 Å². The summed E-state index contributed by atoms with van der Waals surface area (Å²) in [6.07, 6.45) is 2.13. The van der Waals surface area contributed by atoms with Crippen LogP contribution < -0.4 is 0 Å². The number of halogens is 1. The predicted octanol–water partition coefficient (Wildman–Crippen LogP) is 2.86. The molecule has 0 bridgehead atoms. The summed E-state index contributed by atoms with van der Waals surface area (Å²) in [6.45, 7) is 2.26. The smallest absolute Gasteiger partial charge is 0.328 e. The van der Waals surface area contributed by atoms with Crippen molar-refractivity contribution in [1.29, 1.82) is 0 Å². The van der Waals surface area contributed by atoms with E-state index in [4.69, 9.17) is 16.7 Å². The maximum Gasteiger partial charge on any atom is 0.328 e. The third-order valence-electron chi connectivity index (χ3n) is 3.21. The summed E-state index contributed by atoms with van der Waals surface area (Å²) in [5, 5.41) is 9.64. The first-order valence-corrected chi connectivity index (χ1v) is 7.03. The summed E-state index contributed by atoms with van der Waals surface area (Å²) in [5.74, 6) is -0.909. The van der Waals surface area contributed by atoms with E-state index >= 15 is 0 Å². The Morgan fingerprint density at radius 3 is 2.95 bits per heavy atom. The molecule has 1 aliphatic rings. The highest BCUT2D eigenvalue weighted by molar-refractivity contribution is 7.81. The molecular weight excluding hydrogens is 282 g/mol. The molecule has 102 valence electrons. The van der Waals surface area contributed by atoms with Crippen LogP contribution in [-0.4, -0.2) is 34.3 Å². The third-order valence-corrected chi connectivity index (χ3v) is 4.17. The molecule has 1 heterocycles. The van der Waals surface area contributed by atoms with Crippen LogP contribution in [0.2, 0.25) is 5.02 Å². The zero-order valence-corrected chi connectivity index (χ0v) is 12.1. The van der Waals surface area contributed by atoms with E-state index < -0.39 is 5.97 Å². The van der Waals surface area contributed by atoms with Crippen LogP contribution in [0.4, 0.5) is 0 Å². The molecule has 1 atom stereocenters. The Hall–Kier alpha value is -0.970. The molecule has 0 saturated carbocycles. The van der Waals surface area contributed by atoms with Crippen molar-refractivity contribution in [3.63, 3.8) is 0 Å². The summed E-state index contributed by atoms with van der Waals surface area (Å²) >= 11 is 10.6. The molecule has 1 saturated heterocycles. The minimum absolute atomic E-state index is 0.0404. The molecule has 1 aromatic rings. The lowest BCUT2D eigenvalue weighted by atomic mass is 10.0. The second-order valence-electron chi connectivity index (χ2n) is 4.66. The number of rotatable bonds is 3. The maximum atomic E-state index is 10.8. The number of benzene rings is 1. The molecule has 2 rings (SSSR count). The lowest BCUT2D eigenvalue weighted by molar-refractivity contribution is -0.131. The Balaban J connectivity index is 2.07. The summed E-state index contributed by atoms with van der Waals surface area (Å²) < 4.78 is 0. The van der Waals surface area contributed by atoms with Gasteiger partial charge in [-0.05, 0) is 23.6 Å². The van der Waals surface area contributed by atoms with Crippen LogP contribution in [0.5, 0.6) is 0 Å². The normalized spacial score (nSPS) is 22.6. The van der Waals surface area contributed by atoms with E-state index in [9.17, 15) is 4.79 Å². The van der Waals surface area contributed by atoms with Gasteiger partial charge >= 0.3 is 5.97 Å². The first kappa shape index (κ1) is 14.4. The van der Waals surface area contributed by atoms with E-state index in [2.05, 4.69) is 17.5 Å². The number of carbonyl (C=O) groups is 1. The minimum atomic E-state index is -0.909. The molecule has 1 aliphatic heterocycles. The van der Waals surface area contributed by atoms with Crippen molar-refractivity contribution in [2.24, 2.45) is 0 Å². The Morgan fingerprint density at radius 2 is 2.26 bits per heavy atom. The molecular formula is C14H16ClNO2S. The van der Waals surface area contributed by atoms with Gasteiger partial charge in [0.15, 0.2) is 0 Å². The van der Waals surface area contributed by atoms with Gasteiger partial charge in [0.2, 0.25) is 0 Å². The molecule has 3 nitrogen and oxygen atoms in total. The standard InChI is InChI=1S/C14H16ClNO2S/c15-12-4-2-1-3-10(12)8-16-6-5-13(19)11(9-16)7-14(17)18/h1-4,7,13,19H,5-6,8-9H2,(H,17,18)/b11-7-. The zero-order valence-electron chi connectivity index (χ0n) is 10.4. The molecule has 0 radical (unpaired) electrons. The van der Waals surface area contributed by atoms with E-state index in [1.165, 1.54) is 6.08 Å². The third kappa shape index (κ3) is 4.00. The quantitative estimate of drug-likeness (QED) is 0.666. The van der Waals surface area contributed by atoms with Crippen molar-refractivity contribution in [2.45, 2.75) is 18.2 Å². The highest BCUT2D eigenvalue weighted by Crippen LogP contribution is 2.24. The van der Waals surface area contributed by atoms with Crippen molar-refractivity contribution < 1.29 is 9.90 Å². The topological polar surface area (TPSA) is 40.5 Å². The van der Waals surface area contributed by atoms with Crippen LogP contribution in [0.3, 0.4) is 0 Å². The first-order chi connectivity index (χ1) is 9.06. The van der Waals surface area contributed by atoms with Gasteiger partial charge in [-0.1, -0.05) is 29.8 Å². The van der Waals surface area contributed by atoms with E-state index in [0.29, 0.717) is 6.54 Å². The van der Waals surface area contributed by atoms with Crippen molar-refractivity contribution >= 4 is 30.2 Å². The fourth-order valence-electron chi connectivity index (χ4n) is 2.24. The molecule has 0 aliphatic carbocycles. The van der Waals surface area contributed by atoms with Gasteiger partial charge in [0.1, 0.15) is 0 Å². The van der Waals surface area contributed by atoms with Gasteiger partial charge in [-0.2, -0.15) is 12.6 Å². The second-order valence-corrected chi connectivity index (χ2v) is 5.69. The van der Waals surface area contributed by atoms with Crippen molar-refractivity contribution in [1.82, 2.24) is 4.90 Å². The molecule has 19 heavy (non-hydrogen) atoms. The summed E-state index contributed by atoms with van der Waals surface area (Å²) in [4.78, 5) is 13.0. The Morgan fingerprint density at radius 1 is 1.53 bits per heavy atom. The number of carboxylic acid groups (broad SMARTS) is 1. The number of nitrogens with zero attached hydrogens (tertiary/aromatic N) is 1. The SMILES string of the molecule is O=C(O)/C=C1/CN(Cc2ccccc2Cl)CCC1S. The van der Waals surface area contributed by atoms with Gasteiger partial charge in [0.25, 0.3) is 0 Å². The molecule has 1 N–H and O–H groups in total. The number of likely N-dealkylation sites (tertiary alicyclic amines) is 1. The van der Waals surface area contributed by atoms with Crippen LogP contribution >= 0.6 is 24.2 Å². The Labute approximate surface area is 123 Å². The highest BCUT2D eigenvalue weighted by atomic mass is 35.5. The summed E-state index contributed by atoms with van der Waals surface area (Å²) in [7, 11) is 0. The fraction of sp³-hybridized carbons (Fsp3) is 0.357. The van der Waals surface area contributed by atoms with Crippen molar-refractivity contribution in [3.05, 3.63) is 46.5 Å². The molecule has 0 spiro atoms. The lowest BCUT2D eigenvalue weighted by Crippen LogP contribution is -2.36. The highest BCUT2D eigenvalue weighted by Gasteiger charge is 2.22. The second kappa shape index (κ2) is 6.46. The average molecular weight is 298 g/mol. The predicted molar refractivity (Wildman–Crippen MR) is 79.8 cm³/mol. The number of hydrogen-bond donors (Lipinski definition) is 2. The maximum absolute atomic E-state index is 10.8. The van der Waals surface area contributed by atoms with Gasteiger partial charge in [0, 0.05) is 36.0 Å². The Kier molecular flexibility index (Phi) is 4.91. The first-order valence-electron chi connectivity index (χ1n) is 6.13. The van der Waals surface area contributed by atoms with Gasteiger partial charge in [-0.25, -0.2) is 4.79 Å². The number of aliphatic carboxylic acids is 1. The van der Waals surface area contributed by atoms with Crippen LogP contribution in [-0.2, 0) is 11.3 Å². The number of carboxylic acids is 1.